The zero-order chi connectivity index (χ0) is 20.8. The van der Waals surface area contributed by atoms with Crippen molar-refractivity contribution in [3.63, 3.8) is 0 Å². The third-order valence-corrected chi connectivity index (χ3v) is 7.54. The standard InChI is InChI=1S/C25H27F2NO2/c26-19-8-4-7-16(11-19)23-12-20(27)14-28(23)25(30)22-13-21(17-9-18(22)10-17)24(29)15-5-2-1-3-6-15/h1-8,11,17-18,20-24,29H,9-10,12-14H2/t17?,18?,20?,21?,22-,23?,24?/m0/s1. The molecule has 0 aromatic heterocycles. The lowest BCUT2D eigenvalue weighted by molar-refractivity contribution is -0.150. The van der Waals surface area contributed by atoms with Crippen molar-refractivity contribution in [2.24, 2.45) is 23.7 Å². The molecule has 3 nitrogen and oxygen atoms in total. The first-order valence-corrected chi connectivity index (χ1v) is 10.9. The molecule has 30 heavy (non-hydrogen) atoms. The number of likely N-dealkylation sites (tertiary alicyclic amines) is 1. The van der Waals surface area contributed by atoms with Crippen LogP contribution >= 0.6 is 0 Å². The number of aliphatic hydroxyl groups excluding tert-OH is 1. The molecule has 1 aliphatic heterocycles. The number of carbonyl (C=O) groups is 1. The van der Waals surface area contributed by atoms with Crippen molar-refractivity contribution >= 4 is 5.91 Å². The van der Waals surface area contributed by atoms with Crippen molar-refractivity contribution in [2.45, 2.75) is 44.0 Å². The molecule has 3 saturated carbocycles. The molecule has 1 amide bonds. The lowest BCUT2D eigenvalue weighted by Gasteiger charge is -2.53. The summed E-state index contributed by atoms with van der Waals surface area (Å²) in [4.78, 5) is 15.2. The molecule has 2 aromatic carbocycles. The number of nitrogens with zero attached hydrogens (tertiary/aromatic N) is 1. The highest BCUT2D eigenvalue weighted by Crippen LogP contribution is 2.56. The molecule has 1 heterocycles. The third kappa shape index (κ3) is 3.43. The van der Waals surface area contributed by atoms with Gasteiger partial charge in [-0.25, -0.2) is 8.78 Å². The van der Waals surface area contributed by atoms with Crippen LogP contribution in [0.5, 0.6) is 0 Å². The Morgan fingerprint density at radius 3 is 2.50 bits per heavy atom. The van der Waals surface area contributed by atoms with E-state index in [4.69, 9.17) is 0 Å². The Kier molecular flexibility index (Phi) is 5.10. The van der Waals surface area contributed by atoms with Gasteiger partial charge < -0.3 is 10.0 Å². The first-order valence-electron chi connectivity index (χ1n) is 10.9. The summed E-state index contributed by atoms with van der Waals surface area (Å²) in [7, 11) is 0. The van der Waals surface area contributed by atoms with Crippen LogP contribution in [-0.2, 0) is 4.79 Å². The van der Waals surface area contributed by atoms with Crippen LogP contribution in [0.4, 0.5) is 8.78 Å². The molecular weight excluding hydrogens is 384 g/mol. The smallest absolute Gasteiger partial charge is 0.226 e. The van der Waals surface area contributed by atoms with Gasteiger partial charge in [0.05, 0.1) is 18.7 Å². The summed E-state index contributed by atoms with van der Waals surface area (Å²) in [6.45, 7) is 0.0680. The van der Waals surface area contributed by atoms with Gasteiger partial charge in [0.25, 0.3) is 0 Å². The zero-order valence-corrected chi connectivity index (χ0v) is 16.8. The van der Waals surface area contributed by atoms with Crippen molar-refractivity contribution in [1.29, 1.82) is 0 Å². The van der Waals surface area contributed by atoms with Gasteiger partial charge in [-0.2, -0.15) is 0 Å². The molecule has 2 aromatic rings. The number of hydrogen-bond acceptors (Lipinski definition) is 2. The monoisotopic (exact) mass is 411 g/mol. The van der Waals surface area contributed by atoms with Gasteiger partial charge in [-0.3, -0.25) is 4.79 Å². The molecule has 4 fully saturated rings. The van der Waals surface area contributed by atoms with E-state index in [1.807, 2.05) is 30.3 Å². The molecule has 4 unspecified atom stereocenters. The second-order valence-electron chi connectivity index (χ2n) is 9.25. The van der Waals surface area contributed by atoms with Gasteiger partial charge in [0, 0.05) is 12.3 Å². The van der Waals surface area contributed by atoms with Gasteiger partial charge in [0.2, 0.25) is 5.91 Å². The Hall–Kier alpha value is -2.27. The van der Waals surface area contributed by atoms with Crippen LogP contribution in [-0.4, -0.2) is 28.6 Å². The summed E-state index contributed by atoms with van der Waals surface area (Å²) in [5.41, 5.74) is 1.55. The molecule has 1 N–H and O–H groups in total. The molecule has 0 spiro atoms. The average Bonchev–Trinajstić information content (AvgIpc) is 3.14. The zero-order valence-electron chi connectivity index (χ0n) is 16.8. The van der Waals surface area contributed by atoms with Crippen molar-refractivity contribution < 1.29 is 18.7 Å². The molecular formula is C25H27F2NO2. The van der Waals surface area contributed by atoms with E-state index in [1.54, 1.807) is 17.0 Å². The fourth-order valence-electron chi connectivity index (χ4n) is 5.92. The van der Waals surface area contributed by atoms with Gasteiger partial charge in [0.1, 0.15) is 12.0 Å². The Balaban J connectivity index is 1.36. The SMILES string of the molecule is O=C([C@H]1CC(C(O)c2ccccc2)C2CC1C2)N1CC(F)CC1c1cccc(F)c1. The number of carbonyl (C=O) groups excluding carboxylic acids is 1. The van der Waals surface area contributed by atoms with Gasteiger partial charge in [-0.1, -0.05) is 42.5 Å². The third-order valence-electron chi connectivity index (χ3n) is 7.54. The van der Waals surface area contributed by atoms with E-state index >= 15 is 0 Å². The number of halogens is 2. The average molecular weight is 411 g/mol. The second kappa shape index (κ2) is 7.77. The lowest BCUT2D eigenvalue weighted by atomic mass is 9.53. The minimum absolute atomic E-state index is 0.0298. The number of aliphatic hydroxyl groups is 1. The highest BCUT2D eigenvalue weighted by molar-refractivity contribution is 5.80. The molecule has 3 aliphatic carbocycles. The van der Waals surface area contributed by atoms with E-state index in [0.717, 1.165) is 18.4 Å². The number of alkyl halides is 1. The Bertz CT molecular complexity index is 914. The minimum atomic E-state index is -1.09. The van der Waals surface area contributed by atoms with Crippen molar-refractivity contribution in [3.05, 3.63) is 71.5 Å². The molecule has 1 saturated heterocycles. The summed E-state index contributed by atoms with van der Waals surface area (Å²) < 4.78 is 28.1. The van der Waals surface area contributed by atoms with E-state index in [9.17, 15) is 18.7 Å². The van der Waals surface area contributed by atoms with E-state index in [-0.39, 0.29) is 36.5 Å². The molecule has 4 aliphatic rings. The highest BCUT2D eigenvalue weighted by Gasteiger charge is 2.52. The number of hydrogen-bond donors (Lipinski definition) is 1. The molecule has 5 atom stereocenters. The number of rotatable bonds is 4. The summed E-state index contributed by atoms with van der Waals surface area (Å²) >= 11 is 0. The first-order chi connectivity index (χ1) is 14.5. The second-order valence-corrected chi connectivity index (χ2v) is 9.25. The maximum Gasteiger partial charge on any atom is 0.226 e. The van der Waals surface area contributed by atoms with Crippen LogP contribution in [0.3, 0.4) is 0 Å². The largest absolute Gasteiger partial charge is 0.388 e. The van der Waals surface area contributed by atoms with Crippen LogP contribution < -0.4 is 0 Å². The predicted molar refractivity (Wildman–Crippen MR) is 110 cm³/mol. The molecule has 6 rings (SSSR count). The van der Waals surface area contributed by atoms with E-state index in [1.165, 1.54) is 12.1 Å². The fraction of sp³-hybridized carbons (Fsp3) is 0.480. The van der Waals surface area contributed by atoms with Crippen molar-refractivity contribution in [1.82, 2.24) is 4.90 Å². The van der Waals surface area contributed by atoms with Gasteiger partial charge in [-0.05, 0) is 60.3 Å². The van der Waals surface area contributed by atoms with E-state index in [0.29, 0.717) is 23.8 Å². The van der Waals surface area contributed by atoms with Crippen LogP contribution in [0.1, 0.15) is 49.0 Å². The molecule has 158 valence electrons. The summed E-state index contributed by atoms with van der Waals surface area (Å²) in [6, 6.07) is 15.4. The normalized spacial score (nSPS) is 33.8. The van der Waals surface area contributed by atoms with Crippen LogP contribution in [0, 0.1) is 29.5 Å². The summed E-state index contributed by atoms with van der Waals surface area (Å²) in [5.74, 6) is 0.211. The van der Waals surface area contributed by atoms with Crippen molar-refractivity contribution in [3.8, 4) is 0 Å². The predicted octanol–water partition coefficient (Wildman–Crippen LogP) is 4.83. The molecule has 2 bridgehead atoms. The Morgan fingerprint density at radius 1 is 1.00 bits per heavy atom. The van der Waals surface area contributed by atoms with Crippen molar-refractivity contribution in [2.75, 3.05) is 6.54 Å². The first kappa shape index (κ1) is 19.7. The number of benzene rings is 2. The minimum Gasteiger partial charge on any atom is -0.388 e. The van der Waals surface area contributed by atoms with Crippen LogP contribution in [0.15, 0.2) is 54.6 Å². The van der Waals surface area contributed by atoms with E-state index < -0.39 is 18.3 Å². The van der Waals surface area contributed by atoms with E-state index in [2.05, 4.69) is 0 Å². The highest BCUT2D eigenvalue weighted by atomic mass is 19.1. The Morgan fingerprint density at radius 2 is 1.77 bits per heavy atom. The van der Waals surface area contributed by atoms with Crippen LogP contribution in [0.25, 0.3) is 0 Å². The maximum atomic E-state index is 14.3. The molecule has 0 radical (unpaired) electrons. The summed E-state index contributed by atoms with van der Waals surface area (Å²) in [5, 5.41) is 11.0. The maximum absolute atomic E-state index is 14.3. The topological polar surface area (TPSA) is 40.5 Å². The van der Waals surface area contributed by atoms with Gasteiger partial charge in [-0.15, -0.1) is 0 Å². The molecule has 5 heteroatoms. The summed E-state index contributed by atoms with van der Waals surface area (Å²) in [6.07, 6.45) is 1.06. The number of amides is 1. The van der Waals surface area contributed by atoms with Crippen LogP contribution in [0.2, 0.25) is 0 Å². The Labute approximate surface area is 175 Å². The lowest BCUT2D eigenvalue weighted by Crippen LogP contribution is -2.50. The quantitative estimate of drug-likeness (QED) is 0.783. The van der Waals surface area contributed by atoms with Gasteiger partial charge >= 0.3 is 0 Å². The van der Waals surface area contributed by atoms with Gasteiger partial charge in [0.15, 0.2) is 0 Å². The fourth-order valence-corrected chi connectivity index (χ4v) is 5.92. The number of fused-ring (bicyclic) bond motifs is 2.